The van der Waals surface area contributed by atoms with Crippen LogP contribution in [0.25, 0.3) is 11.2 Å². The van der Waals surface area contributed by atoms with E-state index in [1.807, 2.05) is 0 Å². The van der Waals surface area contributed by atoms with Gasteiger partial charge in [-0.2, -0.15) is 14.9 Å². The molecule has 20 heteroatoms. The average Bonchev–Trinajstić information content (AvgIpc) is 3.52. The predicted molar refractivity (Wildman–Crippen MR) is 173 cm³/mol. The lowest BCUT2D eigenvalue weighted by Crippen LogP contribution is -2.44. The number of anilines is 1. The van der Waals surface area contributed by atoms with Crippen LogP contribution in [0.4, 0.5) is 24.6 Å². The highest BCUT2D eigenvalue weighted by molar-refractivity contribution is 6.29. The van der Waals surface area contributed by atoms with Crippen LogP contribution in [-0.4, -0.2) is 106 Å². The van der Waals surface area contributed by atoms with Gasteiger partial charge in [-0.1, -0.05) is 0 Å². The highest BCUT2D eigenvalue weighted by Gasteiger charge is 2.50. The number of methoxy groups -OCH3 is 2. The van der Waals surface area contributed by atoms with Crippen LogP contribution >= 0.6 is 11.6 Å². The first-order valence-electron chi connectivity index (χ1n) is 15.3. The number of imidazole rings is 1. The zero-order valence-corrected chi connectivity index (χ0v) is 30.7. The Bertz CT molecular complexity index is 1650. The SMILES string of the molecule is COC(=O)/C=C(\OC[C@H]1O[C@@H](n2cnc3c(N(C(=O)OC(C)(C)C)C(=O)OC(C)(C)C)nc(Cl)nc32)[C@@H](F)[C@@H]1OC(=O)OC(C)(C)C)C(=O)OC. The molecule has 1 aliphatic rings. The largest absolute Gasteiger partial charge is 0.509 e. The first-order chi connectivity index (χ1) is 23.4. The second-order valence-electron chi connectivity index (χ2n) is 13.8. The van der Waals surface area contributed by atoms with Crippen LogP contribution in [0.2, 0.25) is 5.28 Å². The van der Waals surface area contributed by atoms with Crippen molar-refractivity contribution in [2.24, 2.45) is 0 Å². The molecule has 2 amide bonds. The van der Waals surface area contributed by atoms with Crippen molar-refractivity contribution in [2.75, 3.05) is 25.7 Å². The molecule has 1 fully saturated rings. The number of amides is 2. The van der Waals surface area contributed by atoms with Crippen molar-refractivity contribution >= 4 is 58.9 Å². The van der Waals surface area contributed by atoms with E-state index in [4.69, 9.17) is 40.0 Å². The van der Waals surface area contributed by atoms with Crippen LogP contribution in [-0.2, 0) is 47.5 Å². The monoisotopic (exact) mass is 745 g/mol. The number of fused-ring (bicyclic) bond motifs is 1. The summed E-state index contributed by atoms with van der Waals surface area (Å²) in [5.74, 6) is -3.12. The van der Waals surface area contributed by atoms with Crippen LogP contribution < -0.4 is 4.90 Å². The summed E-state index contributed by atoms with van der Waals surface area (Å²) >= 11 is 6.26. The van der Waals surface area contributed by atoms with Crippen molar-refractivity contribution in [1.29, 1.82) is 0 Å². The number of esters is 2. The quantitative estimate of drug-likeness (QED) is 0.115. The number of imide groups is 1. The molecule has 0 spiro atoms. The summed E-state index contributed by atoms with van der Waals surface area (Å²) in [6, 6.07) is 0. The van der Waals surface area contributed by atoms with Crippen molar-refractivity contribution in [2.45, 2.75) is 104 Å². The predicted octanol–water partition coefficient (Wildman–Crippen LogP) is 4.96. The minimum absolute atomic E-state index is 0.229. The van der Waals surface area contributed by atoms with Gasteiger partial charge in [0, 0.05) is 0 Å². The van der Waals surface area contributed by atoms with E-state index >= 15 is 4.39 Å². The first-order valence-corrected chi connectivity index (χ1v) is 15.7. The van der Waals surface area contributed by atoms with E-state index in [9.17, 15) is 24.0 Å². The van der Waals surface area contributed by atoms with Crippen molar-refractivity contribution in [1.82, 2.24) is 19.5 Å². The van der Waals surface area contributed by atoms with Crippen LogP contribution in [0.1, 0.15) is 68.5 Å². The number of nitrogens with zero attached hydrogens (tertiary/aromatic N) is 5. The topological polar surface area (TPSA) is 206 Å². The number of aromatic nitrogens is 4. The lowest BCUT2D eigenvalue weighted by Gasteiger charge is -2.28. The molecule has 0 radical (unpaired) electrons. The van der Waals surface area contributed by atoms with E-state index in [-0.39, 0.29) is 11.2 Å². The average molecular weight is 746 g/mol. The van der Waals surface area contributed by atoms with Crippen molar-refractivity contribution in [3.05, 3.63) is 23.4 Å². The Hall–Kier alpha value is -4.78. The molecular formula is C31H41ClFN5O13. The second kappa shape index (κ2) is 15.6. The fourth-order valence-corrected chi connectivity index (χ4v) is 4.42. The van der Waals surface area contributed by atoms with Gasteiger partial charge in [0.1, 0.15) is 29.5 Å². The maximum atomic E-state index is 16.4. The summed E-state index contributed by atoms with van der Waals surface area (Å²) in [6.45, 7) is 13.5. The normalized spacial score (nSPS) is 19.6. The molecule has 1 aliphatic heterocycles. The van der Waals surface area contributed by atoms with E-state index in [0.717, 1.165) is 25.1 Å². The number of carbonyl (C=O) groups excluding carboxylic acids is 5. The van der Waals surface area contributed by atoms with Gasteiger partial charge < -0.3 is 37.9 Å². The Morgan fingerprint density at radius 3 is 2.00 bits per heavy atom. The Labute approximate surface area is 297 Å². The van der Waals surface area contributed by atoms with Gasteiger partial charge >= 0.3 is 30.3 Å². The summed E-state index contributed by atoms with van der Waals surface area (Å²) in [5, 5.41) is -0.498. The number of hydrogen-bond acceptors (Lipinski definition) is 16. The Kier molecular flexibility index (Phi) is 12.5. The summed E-state index contributed by atoms with van der Waals surface area (Å²) < 4.78 is 59.4. The molecule has 0 N–H and O–H groups in total. The number of halogens is 2. The number of carbonyl (C=O) groups is 5. The molecule has 3 heterocycles. The third-order valence-corrected chi connectivity index (χ3v) is 6.31. The van der Waals surface area contributed by atoms with Crippen LogP contribution in [0.3, 0.4) is 0 Å². The molecule has 0 aromatic carbocycles. The molecule has 51 heavy (non-hydrogen) atoms. The van der Waals surface area contributed by atoms with E-state index in [1.165, 1.54) is 0 Å². The van der Waals surface area contributed by atoms with E-state index < -0.39 is 95.2 Å². The summed E-state index contributed by atoms with van der Waals surface area (Å²) in [6.07, 6.45) is -8.95. The van der Waals surface area contributed by atoms with Gasteiger partial charge in [-0.3, -0.25) is 4.57 Å². The summed E-state index contributed by atoms with van der Waals surface area (Å²) in [7, 11) is 2.09. The van der Waals surface area contributed by atoms with Gasteiger partial charge in [0.2, 0.25) is 11.0 Å². The maximum absolute atomic E-state index is 16.4. The van der Waals surface area contributed by atoms with Crippen molar-refractivity contribution < 1.29 is 66.3 Å². The van der Waals surface area contributed by atoms with Crippen LogP contribution in [0.15, 0.2) is 18.2 Å². The minimum Gasteiger partial charge on any atom is -0.483 e. The molecule has 2 aromatic rings. The molecule has 0 aliphatic carbocycles. The molecule has 0 bridgehead atoms. The van der Waals surface area contributed by atoms with Gasteiger partial charge in [0.15, 0.2) is 35.5 Å². The minimum atomic E-state index is -2.19. The fraction of sp³-hybridized carbons (Fsp3) is 0.613. The zero-order chi connectivity index (χ0) is 38.6. The highest BCUT2D eigenvalue weighted by Crippen LogP contribution is 2.38. The molecule has 18 nitrogen and oxygen atoms in total. The number of rotatable bonds is 8. The van der Waals surface area contributed by atoms with Gasteiger partial charge in [0.05, 0.1) is 26.6 Å². The Morgan fingerprint density at radius 1 is 0.922 bits per heavy atom. The number of ether oxygens (including phenoxy) is 8. The standard InChI is InChI=1S/C31H41ClFN5O13/c1-29(2,3)49-26(41)38(27(42)50-30(4,5)6)22-19-21(35-25(32)36-22)37(14-34-19)23-18(33)20(48-28(43)51-31(7,8)9)16(47-23)13-46-15(24(40)45-11)12-17(39)44-10/h12,14,16,18,20,23H,13H2,1-11H3/b15-12-/t16-,18+,20-,23-/m1/s1. The lowest BCUT2D eigenvalue weighted by atomic mass is 10.1. The molecule has 282 valence electrons. The van der Waals surface area contributed by atoms with E-state index in [2.05, 4.69) is 24.4 Å². The molecule has 1 saturated heterocycles. The number of alkyl halides is 1. The van der Waals surface area contributed by atoms with Crippen molar-refractivity contribution in [3.8, 4) is 0 Å². The van der Waals surface area contributed by atoms with Crippen LogP contribution in [0.5, 0.6) is 0 Å². The molecule has 2 aromatic heterocycles. The van der Waals surface area contributed by atoms with Gasteiger partial charge in [-0.05, 0) is 73.9 Å². The molecule has 0 saturated carbocycles. The summed E-state index contributed by atoms with van der Waals surface area (Å²) in [4.78, 5) is 76.4. The van der Waals surface area contributed by atoms with Gasteiger partial charge in [-0.25, -0.2) is 33.3 Å². The first kappa shape index (κ1) is 40.6. The molecule has 4 atom stereocenters. The fourth-order valence-electron chi connectivity index (χ4n) is 4.26. The Balaban J connectivity index is 2.11. The third kappa shape index (κ3) is 10.9. The Morgan fingerprint density at radius 2 is 1.49 bits per heavy atom. The third-order valence-electron chi connectivity index (χ3n) is 6.14. The second-order valence-corrected chi connectivity index (χ2v) is 14.2. The number of hydrogen-bond donors (Lipinski definition) is 0. The van der Waals surface area contributed by atoms with Gasteiger partial charge in [0.25, 0.3) is 0 Å². The van der Waals surface area contributed by atoms with E-state index in [0.29, 0.717) is 11.0 Å². The highest BCUT2D eigenvalue weighted by atomic mass is 35.5. The molecular weight excluding hydrogens is 705 g/mol. The van der Waals surface area contributed by atoms with Crippen LogP contribution in [0, 0.1) is 0 Å². The molecule has 3 rings (SSSR count). The van der Waals surface area contributed by atoms with Crippen molar-refractivity contribution in [3.63, 3.8) is 0 Å². The zero-order valence-electron chi connectivity index (χ0n) is 30.0. The maximum Gasteiger partial charge on any atom is 0.509 e. The smallest absolute Gasteiger partial charge is 0.483 e. The van der Waals surface area contributed by atoms with Gasteiger partial charge in [-0.15, -0.1) is 0 Å². The van der Waals surface area contributed by atoms with E-state index in [1.54, 1.807) is 62.3 Å². The lowest BCUT2D eigenvalue weighted by molar-refractivity contribution is -0.143. The molecule has 0 unspecified atom stereocenters. The summed E-state index contributed by atoms with van der Waals surface area (Å²) in [5.41, 5.74) is -3.61.